The Morgan fingerprint density at radius 1 is 1.10 bits per heavy atom. The first-order valence-electron chi connectivity index (χ1n) is 9.49. The van der Waals surface area contributed by atoms with Gasteiger partial charge >= 0.3 is 0 Å². The zero-order valence-electron chi connectivity index (χ0n) is 16.3. The molecule has 2 heterocycles. The van der Waals surface area contributed by atoms with Gasteiger partial charge in [0.25, 0.3) is 5.91 Å². The lowest BCUT2D eigenvalue weighted by molar-refractivity contribution is -0.114. The second kappa shape index (κ2) is 9.05. The fraction of sp³-hybridized carbons (Fsp3) is 0.125. The topological polar surface area (TPSA) is 61.1 Å². The third kappa shape index (κ3) is 4.38. The SMILES string of the molecule is C=CCOc1ccccc1CN(C(=O)/C=C\c1ccco1)c1ccc2c(c1)OCO2. The molecule has 4 rings (SSSR count). The van der Waals surface area contributed by atoms with Crippen molar-refractivity contribution >= 4 is 17.7 Å². The first-order valence-corrected chi connectivity index (χ1v) is 9.49. The minimum atomic E-state index is -0.205. The van der Waals surface area contributed by atoms with Crippen LogP contribution in [0.3, 0.4) is 0 Å². The number of hydrogen-bond donors (Lipinski definition) is 0. The van der Waals surface area contributed by atoms with Crippen LogP contribution in [-0.2, 0) is 11.3 Å². The maximum absolute atomic E-state index is 13.1. The van der Waals surface area contributed by atoms with Gasteiger partial charge in [-0.2, -0.15) is 0 Å². The highest BCUT2D eigenvalue weighted by Crippen LogP contribution is 2.36. The number of rotatable bonds is 8. The Hall–Kier alpha value is -3.93. The van der Waals surface area contributed by atoms with E-state index in [2.05, 4.69) is 6.58 Å². The largest absolute Gasteiger partial charge is 0.489 e. The molecule has 6 heteroatoms. The van der Waals surface area contributed by atoms with Crippen LogP contribution in [-0.4, -0.2) is 19.3 Å². The van der Waals surface area contributed by atoms with Crippen molar-refractivity contribution < 1.29 is 23.4 Å². The number of fused-ring (bicyclic) bond motifs is 1. The maximum atomic E-state index is 13.1. The van der Waals surface area contributed by atoms with Crippen LogP contribution in [0, 0.1) is 0 Å². The second-order valence-corrected chi connectivity index (χ2v) is 6.52. The van der Waals surface area contributed by atoms with Crippen molar-refractivity contribution in [2.75, 3.05) is 18.3 Å². The van der Waals surface area contributed by atoms with Gasteiger partial charge in [-0.15, -0.1) is 0 Å². The van der Waals surface area contributed by atoms with E-state index in [4.69, 9.17) is 18.6 Å². The number of para-hydroxylation sites is 1. The predicted molar refractivity (Wildman–Crippen MR) is 114 cm³/mol. The zero-order valence-corrected chi connectivity index (χ0v) is 16.3. The van der Waals surface area contributed by atoms with Crippen molar-refractivity contribution in [3.8, 4) is 17.2 Å². The van der Waals surface area contributed by atoms with E-state index in [-0.39, 0.29) is 12.7 Å². The Kier molecular flexibility index (Phi) is 5.85. The smallest absolute Gasteiger partial charge is 0.251 e. The lowest BCUT2D eigenvalue weighted by Gasteiger charge is -2.23. The average molecular weight is 403 g/mol. The van der Waals surface area contributed by atoms with Gasteiger partial charge in [-0.1, -0.05) is 30.9 Å². The standard InChI is InChI=1S/C24H21NO5/c1-2-13-28-21-8-4-3-6-18(21)16-25(24(26)12-10-20-7-5-14-27-20)19-9-11-22-23(15-19)30-17-29-22/h2-12,14-15H,1,13,16-17H2/b12-10-. The van der Waals surface area contributed by atoms with Crippen LogP contribution in [0.5, 0.6) is 17.2 Å². The average Bonchev–Trinajstić information content (AvgIpc) is 3.46. The highest BCUT2D eigenvalue weighted by Gasteiger charge is 2.20. The van der Waals surface area contributed by atoms with Gasteiger partial charge in [-0.25, -0.2) is 0 Å². The van der Waals surface area contributed by atoms with Crippen molar-refractivity contribution in [1.82, 2.24) is 0 Å². The van der Waals surface area contributed by atoms with Crippen LogP contribution >= 0.6 is 0 Å². The Balaban J connectivity index is 1.65. The highest BCUT2D eigenvalue weighted by atomic mass is 16.7. The van der Waals surface area contributed by atoms with Gasteiger partial charge < -0.3 is 23.5 Å². The van der Waals surface area contributed by atoms with Crippen molar-refractivity contribution in [3.63, 3.8) is 0 Å². The molecule has 1 aliphatic rings. The fourth-order valence-corrected chi connectivity index (χ4v) is 3.07. The van der Waals surface area contributed by atoms with E-state index in [0.29, 0.717) is 41.8 Å². The van der Waals surface area contributed by atoms with Gasteiger partial charge in [-0.05, 0) is 36.4 Å². The molecule has 3 aromatic rings. The van der Waals surface area contributed by atoms with Gasteiger partial charge in [0.2, 0.25) is 6.79 Å². The molecule has 30 heavy (non-hydrogen) atoms. The predicted octanol–water partition coefficient (Wildman–Crippen LogP) is 4.82. The van der Waals surface area contributed by atoms with E-state index >= 15 is 0 Å². The molecule has 0 N–H and O–H groups in total. The van der Waals surface area contributed by atoms with E-state index < -0.39 is 0 Å². The summed E-state index contributed by atoms with van der Waals surface area (Å²) in [4.78, 5) is 14.8. The molecule has 0 fully saturated rings. The molecular weight excluding hydrogens is 382 g/mol. The molecule has 0 bridgehead atoms. The van der Waals surface area contributed by atoms with Gasteiger partial charge in [-0.3, -0.25) is 4.79 Å². The van der Waals surface area contributed by atoms with Crippen LogP contribution < -0.4 is 19.1 Å². The van der Waals surface area contributed by atoms with E-state index in [9.17, 15) is 4.79 Å². The molecule has 0 radical (unpaired) electrons. The van der Waals surface area contributed by atoms with Crippen molar-refractivity contribution in [2.45, 2.75) is 6.54 Å². The van der Waals surface area contributed by atoms with Gasteiger partial charge in [0.1, 0.15) is 18.1 Å². The Bertz CT molecular complexity index is 1060. The summed E-state index contributed by atoms with van der Waals surface area (Å²) in [6, 6.07) is 16.6. The third-order valence-electron chi connectivity index (χ3n) is 4.52. The monoisotopic (exact) mass is 403 g/mol. The van der Waals surface area contributed by atoms with Crippen LogP contribution in [0.2, 0.25) is 0 Å². The zero-order chi connectivity index (χ0) is 20.8. The molecule has 6 nitrogen and oxygen atoms in total. The van der Waals surface area contributed by atoms with Crippen LogP contribution in [0.25, 0.3) is 6.08 Å². The lowest BCUT2D eigenvalue weighted by Crippen LogP contribution is -2.29. The number of amides is 1. The number of hydrogen-bond acceptors (Lipinski definition) is 5. The summed E-state index contributed by atoms with van der Waals surface area (Å²) < 4.78 is 21.9. The van der Waals surface area contributed by atoms with Crippen molar-refractivity contribution in [1.29, 1.82) is 0 Å². The maximum Gasteiger partial charge on any atom is 0.251 e. The summed E-state index contributed by atoms with van der Waals surface area (Å²) in [6.07, 6.45) is 6.37. The first-order chi connectivity index (χ1) is 14.7. The number of carbonyl (C=O) groups is 1. The Labute approximate surface area is 174 Å². The van der Waals surface area contributed by atoms with Gasteiger partial charge in [0.15, 0.2) is 11.5 Å². The number of nitrogens with zero attached hydrogens (tertiary/aromatic N) is 1. The molecular formula is C24H21NO5. The van der Waals surface area contributed by atoms with Gasteiger partial charge in [0, 0.05) is 23.4 Å². The summed E-state index contributed by atoms with van der Waals surface area (Å²) >= 11 is 0. The number of benzene rings is 2. The lowest BCUT2D eigenvalue weighted by atomic mass is 10.1. The van der Waals surface area contributed by atoms with Crippen LogP contribution in [0.15, 0.2) is 84.0 Å². The number of anilines is 1. The Morgan fingerprint density at radius 2 is 1.97 bits per heavy atom. The van der Waals surface area contributed by atoms with Crippen LogP contribution in [0.4, 0.5) is 5.69 Å². The molecule has 2 aromatic carbocycles. The number of ether oxygens (including phenoxy) is 3. The van der Waals surface area contributed by atoms with E-state index in [1.165, 1.54) is 6.08 Å². The van der Waals surface area contributed by atoms with Crippen molar-refractivity contribution in [3.05, 3.63) is 90.9 Å². The summed E-state index contributed by atoms with van der Waals surface area (Å²) in [6.45, 7) is 4.56. The molecule has 0 aliphatic carbocycles. The second-order valence-electron chi connectivity index (χ2n) is 6.52. The molecule has 1 amide bonds. The summed E-state index contributed by atoms with van der Waals surface area (Å²) in [7, 11) is 0. The fourth-order valence-electron chi connectivity index (χ4n) is 3.07. The van der Waals surface area contributed by atoms with E-state index in [0.717, 1.165) is 5.56 Å². The van der Waals surface area contributed by atoms with Crippen LogP contribution in [0.1, 0.15) is 11.3 Å². The molecule has 1 aromatic heterocycles. The Morgan fingerprint density at radius 3 is 2.80 bits per heavy atom. The number of carbonyl (C=O) groups excluding carboxylic acids is 1. The summed E-state index contributed by atoms with van der Waals surface area (Å²) in [5.41, 5.74) is 1.56. The molecule has 0 saturated carbocycles. The van der Waals surface area contributed by atoms with Crippen molar-refractivity contribution in [2.24, 2.45) is 0 Å². The molecule has 0 unspecified atom stereocenters. The summed E-state index contributed by atoms with van der Waals surface area (Å²) in [5, 5.41) is 0. The highest BCUT2D eigenvalue weighted by molar-refractivity contribution is 6.03. The number of furan rings is 1. The van der Waals surface area contributed by atoms with E-state index in [1.807, 2.05) is 30.3 Å². The summed E-state index contributed by atoms with van der Waals surface area (Å²) in [5.74, 6) is 2.36. The quantitative estimate of drug-likeness (QED) is 0.399. The normalized spacial score (nSPS) is 12.1. The molecule has 1 aliphatic heterocycles. The minimum absolute atomic E-state index is 0.170. The molecule has 152 valence electrons. The van der Waals surface area contributed by atoms with E-state index in [1.54, 1.807) is 47.6 Å². The third-order valence-corrected chi connectivity index (χ3v) is 4.52. The molecule has 0 atom stereocenters. The molecule has 0 saturated heterocycles. The van der Waals surface area contributed by atoms with Gasteiger partial charge in [0.05, 0.1) is 12.8 Å². The minimum Gasteiger partial charge on any atom is -0.489 e. The molecule has 0 spiro atoms. The first kappa shape index (κ1) is 19.4.